The highest BCUT2D eigenvalue weighted by atomic mass is 79.9. The molecule has 0 aliphatic rings. The van der Waals surface area contributed by atoms with Crippen LogP contribution in [0.25, 0.3) is 16.7 Å². The fourth-order valence-electron chi connectivity index (χ4n) is 1.84. The minimum atomic E-state index is -2.85. The molecular weight excluding hydrogens is 334 g/mol. The number of aromatic nitrogens is 4. The number of H-pyrrole nitrogens is 1. The van der Waals surface area contributed by atoms with Gasteiger partial charge in [0, 0.05) is 4.47 Å². The summed E-state index contributed by atoms with van der Waals surface area (Å²) >= 11 is 3.31. The van der Waals surface area contributed by atoms with Gasteiger partial charge in [0.25, 0.3) is 12.0 Å². The SMILES string of the molecule is O=c1[nH]c(C(F)F)nc2c1cnn2-c1cccc(Br)c1. The van der Waals surface area contributed by atoms with E-state index in [1.54, 1.807) is 18.2 Å². The largest absolute Gasteiger partial charge is 0.305 e. The number of aromatic amines is 1. The van der Waals surface area contributed by atoms with Crippen LogP contribution in [0.4, 0.5) is 8.78 Å². The molecule has 5 nitrogen and oxygen atoms in total. The molecule has 0 saturated carbocycles. The van der Waals surface area contributed by atoms with Crippen molar-refractivity contribution >= 4 is 27.0 Å². The summed E-state index contributed by atoms with van der Waals surface area (Å²) in [6.07, 6.45) is -1.55. The molecule has 0 aliphatic heterocycles. The molecule has 102 valence electrons. The maximum atomic E-state index is 12.7. The Labute approximate surface area is 119 Å². The number of hydrogen-bond donors (Lipinski definition) is 1. The molecule has 20 heavy (non-hydrogen) atoms. The molecule has 1 N–H and O–H groups in total. The molecule has 0 fully saturated rings. The summed E-state index contributed by atoms with van der Waals surface area (Å²) in [5, 5.41) is 4.20. The zero-order chi connectivity index (χ0) is 14.3. The molecular formula is C12H7BrF2N4O. The van der Waals surface area contributed by atoms with Gasteiger partial charge < -0.3 is 4.98 Å². The maximum Gasteiger partial charge on any atom is 0.295 e. The Morgan fingerprint density at radius 3 is 2.85 bits per heavy atom. The smallest absolute Gasteiger partial charge is 0.295 e. The van der Waals surface area contributed by atoms with E-state index in [-0.39, 0.29) is 11.0 Å². The van der Waals surface area contributed by atoms with Crippen molar-refractivity contribution in [2.75, 3.05) is 0 Å². The van der Waals surface area contributed by atoms with Crippen molar-refractivity contribution in [3.05, 3.63) is 51.1 Å². The summed E-state index contributed by atoms with van der Waals surface area (Å²) in [7, 11) is 0. The average molecular weight is 341 g/mol. The minimum absolute atomic E-state index is 0.0992. The molecule has 0 radical (unpaired) electrons. The molecule has 0 amide bonds. The molecule has 1 aromatic carbocycles. The monoisotopic (exact) mass is 340 g/mol. The molecule has 0 unspecified atom stereocenters. The number of alkyl halides is 2. The number of halogens is 3. The van der Waals surface area contributed by atoms with Crippen LogP contribution in [0, 0.1) is 0 Å². The molecule has 0 spiro atoms. The number of rotatable bonds is 2. The van der Waals surface area contributed by atoms with Crippen LogP contribution in [0.1, 0.15) is 12.2 Å². The van der Waals surface area contributed by atoms with Crippen molar-refractivity contribution in [3.63, 3.8) is 0 Å². The van der Waals surface area contributed by atoms with Crippen LogP contribution in [0.15, 0.2) is 39.7 Å². The standard InChI is InChI=1S/C12H7BrF2N4O/c13-6-2-1-3-7(4-6)19-11-8(5-16-19)12(20)18-10(17-11)9(14)15/h1-5,9H,(H,17,18,20). The van der Waals surface area contributed by atoms with Crippen molar-refractivity contribution in [2.45, 2.75) is 6.43 Å². The van der Waals surface area contributed by atoms with Crippen molar-refractivity contribution in [1.29, 1.82) is 0 Å². The van der Waals surface area contributed by atoms with E-state index in [1.807, 2.05) is 11.1 Å². The molecule has 0 atom stereocenters. The van der Waals surface area contributed by atoms with Gasteiger partial charge in [0.15, 0.2) is 11.5 Å². The van der Waals surface area contributed by atoms with E-state index >= 15 is 0 Å². The highest BCUT2D eigenvalue weighted by Crippen LogP contribution is 2.20. The van der Waals surface area contributed by atoms with Gasteiger partial charge in [-0.15, -0.1) is 0 Å². The second kappa shape index (κ2) is 4.78. The van der Waals surface area contributed by atoms with Crippen molar-refractivity contribution in [1.82, 2.24) is 19.7 Å². The predicted molar refractivity (Wildman–Crippen MR) is 72.1 cm³/mol. The zero-order valence-corrected chi connectivity index (χ0v) is 11.4. The Balaban J connectivity index is 2.30. The van der Waals surface area contributed by atoms with Crippen LogP contribution >= 0.6 is 15.9 Å². The highest BCUT2D eigenvalue weighted by Gasteiger charge is 2.16. The molecule has 3 rings (SSSR count). The summed E-state index contributed by atoms with van der Waals surface area (Å²) in [4.78, 5) is 17.6. The van der Waals surface area contributed by atoms with Crippen LogP contribution in [-0.4, -0.2) is 19.7 Å². The first-order valence-electron chi connectivity index (χ1n) is 5.58. The van der Waals surface area contributed by atoms with E-state index < -0.39 is 17.8 Å². The Hall–Kier alpha value is -2.09. The van der Waals surface area contributed by atoms with E-state index in [4.69, 9.17) is 0 Å². The Morgan fingerprint density at radius 1 is 1.35 bits per heavy atom. The third-order valence-corrected chi connectivity index (χ3v) is 3.21. The number of fused-ring (bicyclic) bond motifs is 1. The Bertz CT molecular complexity index is 843. The molecule has 8 heteroatoms. The number of hydrogen-bond acceptors (Lipinski definition) is 3. The molecule has 0 bridgehead atoms. The van der Waals surface area contributed by atoms with E-state index in [2.05, 4.69) is 26.0 Å². The molecule has 0 aliphatic carbocycles. The third kappa shape index (κ3) is 2.11. The lowest BCUT2D eigenvalue weighted by molar-refractivity contribution is 0.140. The van der Waals surface area contributed by atoms with E-state index in [9.17, 15) is 13.6 Å². The number of benzene rings is 1. The van der Waals surface area contributed by atoms with Crippen LogP contribution in [0.2, 0.25) is 0 Å². The lowest BCUT2D eigenvalue weighted by atomic mass is 10.3. The van der Waals surface area contributed by atoms with Crippen LogP contribution in [-0.2, 0) is 0 Å². The van der Waals surface area contributed by atoms with Gasteiger partial charge in [-0.2, -0.15) is 5.10 Å². The quantitative estimate of drug-likeness (QED) is 0.780. The summed E-state index contributed by atoms with van der Waals surface area (Å²) < 4.78 is 27.6. The first-order valence-corrected chi connectivity index (χ1v) is 6.37. The van der Waals surface area contributed by atoms with Gasteiger partial charge in [-0.3, -0.25) is 4.79 Å². The van der Waals surface area contributed by atoms with Crippen molar-refractivity contribution in [3.8, 4) is 5.69 Å². The molecule has 2 heterocycles. The summed E-state index contributed by atoms with van der Waals surface area (Å²) in [6, 6.07) is 7.08. The third-order valence-electron chi connectivity index (χ3n) is 2.72. The fourth-order valence-corrected chi connectivity index (χ4v) is 2.22. The summed E-state index contributed by atoms with van der Waals surface area (Å²) in [6.45, 7) is 0. The van der Waals surface area contributed by atoms with Gasteiger partial charge in [-0.05, 0) is 18.2 Å². The number of nitrogens with one attached hydrogen (secondary N) is 1. The summed E-state index contributed by atoms with van der Waals surface area (Å²) in [5.41, 5.74) is 0.0846. The van der Waals surface area contributed by atoms with Gasteiger partial charge in [-0.1, -0.05) is 22.0 Å². The first-order chi connectivity index (χ1) is 9.56. The molecule has 2 aromatic heterocycles. The lowest BCUT2D eigenvalue weighted by Gasteiger charge is -2.04. The van der Waals surface area contributed by atoms with E-state index in [1.165, 1.54) is 10.9 Å². The van der Waals surface area contributed by atoms with Gasteiger partial charge in [0.2, 0.25) is 0 Å². The highest BCUT2D eigenvalue weighted by molar-refractivity contribution is 9.10. The fraction of sp³-hybridized carbons (Fsp3) is 0.0833. The summed E-state index contributed by atoms with van der Waals surface area (Å²) in [5.74, 6) is -0.667. The number of nitrogens with zero attached hydrogens (tertiary/aromatic N) is 3. The van der Waals surface area contributed by atoms with Gasteiger partial charge in [-0.25, -0.2) is 18.4 Å². The zero-order valence-electron chi connectivity index (χ0n) is 9.85. The molecule has 0 saturated heterocycles. The van der Waals surface area contributed by atoms with Crippen molar-refractivity contribution in [2.24, 2.45) is 0 Å². The average Bonchev–Trinajstić information content (AvgIpc) is 2.83. The van der Waals surface area contributed by atoms with Gasteiger partial charge >= 0.3 is 0 Å². The molecule has 3 aromatic rings. The van der Waals surface area contributed by atoms with Crippen molar-refractivity contribution < 1.29 is 8.78 Å². The predicted octanol–water partition coefficient (Wildman–Crippen LogP) is 2.81. The minimum Gasteiger partial charge on any atom is -0.305 e. The second-order valence-electron chi connectivity index (χ2n) is 4.03. The van der Waals surface area contributed by atoms with Crippen LogP contribution < -0.4 is 5.56 Å². The van der Waals surface area contributed by atoms with E-state index in [0.717, 1.165) is 4.47 Å². The Kier molecular flexibility index (Phi) is 3.09. The topological polar surface area (TPSA) is 63.6 Å². The normalized spacial score (nSPS) is 11.4. The Morgan fingerprint density at radius 2 is 2.15 bits per heavy atom. The van der Waals surface area contributed by atoms with Crippen LogP contribution in [0.5, 0.6) is 0 Å². The van der Waals surface area contributed by atoms with E-state index in [0.29, 0.717) is 5.69 Å². The van der Waals surface area contributed by atoms with Gasteiger partial charge in [0.05, 0.1) is 11.9 Å². The van der Waals surface area contributed by atoms with Gasteiger partial charge in [0.1, 0.15) is 5.39 Å². The maximum absolute atomic E-state index is 12.7. The second-order valence-corrected chi connectivity index (χ2v) is 4.94. The first kappa shape index (κ1) is 12.9. The lowest BCUT2D eigenvalue weighted by Crippen LogP contribution is -2.12. The van der Waals surface area contributed by atoms with Crippen LogP contribution in [0.3, 0.4) is 0 Å².